The molecule has 0 radical (unpaired) electrons. The number of rotatable bonds is 4. The van der Waals surface area contributed by atoms with E-state index in [9.17, 15) is 13.2 Å². The second kappa shape index (κ2) is 6.07. The van der Waals surface area contributed by atoms with Crippen molar-refractivity contribution in [3.05, 3.63) is 34.3 Å². The van der Waals surface area contributed by atoms with Crippen LogP contribution in [0, 0.1) is 0 Å². The van der Waals surface area contributed by atoms with Crippen molar-refractivity contribution in [2.75, 3.05) is 13.6 Å². The van der Waals surface area contributed by atoms with Crippen molar-refractivity contribution in [1.82, 2.24) is 5.32 Å². The van der Waals surface area contributed by atoms with Crippen molar-refractivity contribution in [3.63, 3.8) is 0 Å². The first-order chi connectivity index (χ1) is 7.90. The van der Waals surface area contributed by atoms with Crippen LogP contribution < -0.4 is 10.1 Å². The lowest BCUT2D eigenvalue weighted by molar-refractivity contribution is -0.274. The van der Waals surface area contributed by atoms with Crippen LogP contribution in [0.2, 0.25) is 0 Å². The van der Waals surface area contributed by atoms with Gasteiger partial charge in [-0.15, -0.1) is 13.2 Å². The van der Waals surface area contributed by atoms with Crippen LogP contribution in [0.25, 0.3) is 6.08 Å². The Bertz CT molecular complexity index is 404. The van der Waals surface area contributed by atoms with Gasteiger partial charge in [-0.25, -0.2) is 0 Å². The molecule has 0 aliphatic carbocycles. The summed E-state index contributed by atoms with van der Waals surface area (Å²) >= 11 is 3.13. The van der Waals surface area contributed by atoms with Gasteiger partial charge in [0.15, 0.2) is 0 Å². The molecule has 1 aromatic rings. The number of alkyl halides is 3. The highest BCUT2D eigenvalue weighted by Crippen LogP contribution is 2.27. The third-order valence-electron chi connectivity index (χ3n) is 1.76. The van der Waals surface area contributed by atoms with E-state index in [4.69, 9.17) is 0 Å². The van der Waals surface area contributed by atoms with Gasteiger partial charge < -0.3 is 10.1 Å². The maximum absolute atomic E-state index is 12.0. The Kier molecular flexibility index (Phi) is 5.02. The zero-order chi connectivity index (χ0) is 12.9. The van der Waals surface area contributed by atoms with E-state index in [-0.39, 0.29) is 5.75 Å². The first kappa shape index (κ1) is 14.1. The minimum Gasteiger partial charge on any atom is -0.406 e. The maximum atomic E-state index is 12.0. The predicted molar refractivity (Wildman–Crippen MR) is 63.8 cm³/mol. The number of hydrogen-bond acceptors (Lipinski definition) is 2. The quantitative estimate of drug-likeness (QED) is 0.918. The maximum Gasteiger partial charge on any atom is 0.573 e. The van der Waals surface area contributed by atoms with E-state index >= 15 is 0 Å². The highest BCUT2D eigenvalue weighted by atomic mass is 79.9. The average molecular weight is 310 g/mol. The van der Waals surface area contributed by atoms with Crippen molar-refractivity contribution in [1.29, 1.82) is 0 Å². The molecule has 0 fully saturated rings. The monoisotopic (exact) mass is 309 g/mol. The SMILES string of the molecule is CNCC=Cc1cc(Br)cc(OC(F)(F)F)c1. The Morgan fingerprint density at radius 2 is 2.06 bits per heavy atom. The standard InChI is InChI=1S/C11H11BrF3NO/c1-16-4-2-3-8-5-9(12)7-10(6-8)17-11(13,14)15/h2-3,5-7,16H,4H2,1H3. The molecule has 0 amide bonds. The van der Waals surface area contributed by atoms with E-state index in [1.54, 1.807) is 25.3 Å². The molecule has 0 atom stereocenters. The van der Waals surface area contributed by atoms with Gasteiger partial charge in [-0.3, -0.25) is 0 Å². The average Bonchev–Trinajstić information content (AvgIpc) is 2.14. The van der Waals surface area contributed by atoms with Gasteiger partial charge in [-0.2, -0.15) is 0 Å². The molecule has 0 bridgehead atoms. The molecular formula is C11H11BrF3NO. The normalized spacial score (nSPS) is 12.1. The Morgan fingerprint density at radius 3 is 2.65 bits per heavy atom. The van der Waals surface area contributed by atoms with E-state index < -0.39 is 6.36 Å². The molecule has 0 aromatic heterocycles. The zero-order valence-electron chi connectivity index (χ0n) is 9.01. The summed E-state index contributed by atoms with van der Waals surface area (Å²) in [5, 5.41) is 2.90. The van der Waals surface area contributed by atoms with E-state index in [1.165, 1.54) is 12.1 Å². The lowest BCUT2D eigenvalue weighted by Crippen LogP contribution is -2.17. The highest BCUT2D eigenvalue weighted by Gasteiger charge is 2.31. The van der Waals surface area contributed by atoms with Crippen molar-refractivity contribution in [2.24, 2.45) is 0 Å². The van der Waals surface area contributed by atoms with Gasteiger partial charge in [0, 0.05) is 11.0 Å². The summed E-state index contributed by atoms with van der Waals surface area (Å²) in [5.41, 5.74) is 0.633. The predicted octanol–water partition coefficient (Wildman–Crippen LogP) is 3.58. The smallest absolute Gasteiger partial charge is 0.406 e. The van der Waals surface area contributed by atoms with Crippen molar-refractivity contribution >= 4 is 22.0 Å². The van der Waals surface area contributed by atoms with Gasteiger partial charge in [-0.1, -0.05) is 28.1 Å². The number of ether oxygens (including phenoxy) is 1. The Hall–Kier alpha value is -1.01. The van der Waals surface area contributed by atoms with Crippen LogP contribution in [0.1, 0.15) is 5.56 Å². The molecule has 0 unspecified atom stereocenters. The summed E-state index contributed by atoms with van der Waals surface area (Å²) in [4.78, 5) is 0. The lowest BCUT2D eigenvalue weighted by Gasteiger charge is -2.09. The van der Waals surface area contributed by atoms with Crippen LogP contribution in [0.3, 0.4) is 0 Å². The number of benzene rings is 1. The van der Waals surface area contributed by atoms with Crippen molar-refractivity contribution in [2.45, 2.75) is 6.36 Å². The second-order valence-corrected chi connectivity index (χ2v) is 4.14. The molecule has 0 heterocycles. The Labute approximate surface area is 106 Å². The van der Waals surface area contributed by atoms with E-state index in [2.05, 4.69) is 26.0 Å². The molecule has 6 heteroatoms. The number of halogens is 4. The van der Waals surface area contributed by atoms with Crippen LogP contribution in [-0.4, -0.2) is 20.0 Å². The van der Waals surface area contributed by atoms with Gasteiger partial charge in [-0.05, 0) is 30.8 Å². The van der Waals surface area contributed by atoms with E-state index in [0.717, 1.165) is 0 Å². The zero-order valence-corrected chi connectivity index (χ0v) is 10.6. The first-order valence-corrected chi connectivity index (χ1v) is 5.57. The molecule has 1 aromatic carbocycles. The van der Waals surface area contributed by atoms with Gasteiger partial charge in [0.05, 0.1) is 0 Å². The summed E-state index contributed by atoms with van der Waals surface area (Å²) < 4.78 is 40.5. The van der Waals surface area contributed by atoms with Crippen LogP contribution in [0.4, 0.5) is 13.2 Å². The van der Waals surface area contributed by atoms with Crippen LogP contribution in [0.5, 0.6) is 5.75 Å². The summed E-state index contributed by atoms with van der Waals surface area (Å²) in [6.07, 6.45) is -1.16. The number of likely N-dealkylation sites (N-methyl/N-ethyl adjacent to an activating group) is 1. The molecule has 17 heavy (non-hydrogen) atoms. The Balaban J connectivity index is 2.86. The third kappa shape index (κ3) is 5.74. The fraction of sp³-hybridized carbons (Fsp3) is 0.273. The molecule has 0 saturated heterocycles. The summed E-state index contributed by atoms with van der Waals surface area (Å²) in [7, 11) is 1.78. The largest absolute Gasteiger partial charge is 0.573 e. The number of nitrogens with one attached hydrogen (secondary N) is 1. The van der Waals surface area contributed by atoms with E-state index in [0.29, 0.717) is 16.6 Å². The Morgan fingerprint density at radius 1 is 1.35 bits per heavy atom. The summed E-state index contributed by atoms with van der Waals surface area (Å²) in [6.45, 7) is 0.641. The fourth-order valence-electron chi connectivity index (χ4n) is 1.19. The van der Waals surface area contributed by atoms with Gasteiger partial charge >= 0.3 is 6.36 Å². The lowest BCUT2D eigenvalue weighted by atomic mass is 10.2. The molecule has 0 aliphatic heterocycles. The second-order valence-electron chi connectivity index (χ2n) is 3.23. The van der Waals surface area contributed by atoms with Crippen LogP contribution >= 0.6 is 15.9 Å². The minimum absolute atomic E-state index is 0.240. The molecule has 0 aliphatic rings. The fourth-order valence-corrected chi connectivity index (χ4v) is 1.68. The first-order valence-electron chi connectivity index (χ1n) is 4.78. The topological polar surface area (TPSA) is 21.3 Å². The molecule has 0 spiro atoms. The van der Waals surface area contributed by atoms with Crippen molar-refractivity contribution < 1.29 is 17.9 Å². The molecular weight excluding hydrogens is 299 g/mol. The molecule has 2 nitrogen and oxygen atoms in total. The minimum atomic E-state index is -4.67. The molecule has 1 N–H and O–H groups in total. The summed E-state index contributed by atoms with van der Waals surface area (Å²) in [6, 6.07) is 4.29. The molecule has 1 rings (SSSR count). The van der Waals surface area contributed by atoms with Gasteiger partial charge in [0.1, 0.15) is 5.75 Å². The van der Waals surface area contributed by atoms with Gasteiger partial charge in [0.2, 0.25) is 0 Å². The van der Waals surface area contributed by atoms with Crippen molar-refractivity contribution in [3.8, 4) is 5.75 Å². The summed E-state index contributed by atoms with van der Waals surface area (Å²) in [5.74, 6) is -0.240. The number of hydrogen-bond donors (Lipinski definition) is 1. The van der Waals surface area contributed by atoms with Gasteiger partial charge in [0.25, 0.3) is 0 Å². The molecule has 94 valence electrons. The molecule has 0 saturated carbocycles. The van der Waals surface area contributed by atoms with E-state index in [1.807, 2.05) is 0 Å². The van der Waals surface area contributed by atoms with Crippen LogP contribution in [0.15, 0.2) is 28.7 Å². The third-order valence-corrected chi connectivity index (χ3v) is 2.22. The van der Waals surface area contributed by atoms with Crippen LogP contribution in [-0.2, 0) is 0 Å². The highest BCUT2D eigenvalue weighted by molar-refractivity contribution is 9.10.